The first-order valence-corrected chi connectivity index (χ1v) is 6.78. The van der Waals surface area contributed by atoms with Gasteiger partial charge in [-0.25, -0.2) is 8.78 Å². The van der Waals surface area contributed by atoms with Crippen molar-refractivity contribution in [2.24, 2.45) is 0 Å². The average Bonchev–Trinajstić information content (AvgIpc) is 2.46. The van der Waals surface area contributed by atoms with Crippen LogP contribution < -0.4 is 4.90 Å². The summed E-state index contributed by atoms with van der Waals surface area (Å²) in [6.45, 7) is 2.25. The molecule has 0 N–H and O–H groups in total. The Morgan fingerprint density at radius 2 is 2.10 bits per heavy atom. The molecule has 21 heavy (non-hydrogen) atoms. The Morgan fingerprint density at radius 1 is 1.29 bits per heavy atom. The van der Waals surface area contributed by atoms with Crippen molar-refractivity contribution in [3.8, 4) is 0 Å². The van der Waals surface area contributed by atoms with Gasteiger partial charge in [0.1, 0.15) is 11.6 Å². The average molecular weight is 288 g/mol. The minimum Gasteiger partial charge on any atom is -0.305 e. The van der Waals surface area contributed by atoms with E-state index in [1.54, 1.807) is 12.1 Å². The van der Waals surface area contributed by atoms with Crippen molar-refractivity contribution < 1.29 is 13.6 Å². The molecule has 2 aromatic rings. The number of fused-ring (bicyclic) bond motifs is 1. The summed E-state index contributed by atoms with van der Waals surface area (Å²) in [6, 6.07) is 5.52. The fraction of sp³-hybridized carbons (Fsp3) is 0.250. The summed E-state index contributed by atoms with van der Waals surface area (Å²) in [5, 5.41) is 0. The van der Waals surface area contributed by atoms with Gasteiger partial charge in [0.15, 0.2) is 0 Å². The van der Waals surface area contributed by atoms with Gasteiger partial charge in [-0.15, -0.1) is 0 Å². The highest BCUT2D eigenvalue weighted by molar-refractivity contribution is 6.06. The molecule has 2 heterocycles. The largest absolute Gasteiger partial charge is 0.305 e. The van der Waals surface area contributed by atoms with E-state index in [9.17, 15) is 13.6 Å². The van der Waals surface area contributed by atoms with E-state index in [1.807, 2.05) is 6.92 Å². The van der Waals surface area contributed by atoms with Crippen molar-refractivity contribution >= 4 is 11.6 Å². The third kappa shape index (κ3) is 2.51. The first-order valence-electron chi connectivity index (χ1n) is 6.78. The van der Waals surface area contributed by atoms with Crippen LogP contribution in [0.5, 0.6) is 0 Å². The molecule has 1 amide bonds. The zero-order valence-corrected chi connectivity index (χ0v) is 11.6. The maximum Gasteiger partial charge on any atom is 0.259 e. The summed E-state index contributed by atoms with van der Waals surface area (Å²) in [5.41, 5.74) is 1.93. The Hall–Kier alpha value is -2.30. The van der Waals surface area contributed by atoms with Crippen LogP contribution in [0.4, 0.5) is 14.5 Å². The number of nitrogens with zero attached hydrogens (tertiary/aromatic N) is 2. The third-order valence-corrected chi connectivity index (χ3v) is 3.61. The molecule has 0 fully saturated rings. The second kappa shape index (κ2) is 5.24. The van der Waals surface area contributed by atoms with Gasteiger partial charge in [-0.05, 0) is 43.5 Å². The van der Waals surface area contributed by atoms with Gasteiger partial charge < -0.3 is 4.90 Å². The Labute approximate surface area is 121 Å². The normalized spacial score (nSPS) is 14.0. The number of hydrogen-bond donors (Lipinski definition) is 0. The Morgan fingerprint density at radius 3 is 2.81 bits per heavy atom. The summed E-state index contributed by atoms with van der Waals surface area (Å²) in [7, 11) is 0. The van der Waals surface area contributed by atoms with Crippen molar-refractivity contribution in [3.05, 3.63) is 58.9 Å². The van der Waals surface area contributed by atoms with Crippen molar-refractivity contribution in [1.82, 2.24) is 4.98 Å². The molecule has 0 bridgehead atoms. The molecule has 0 unspecified atom stereocenters. The van der Waals surface area contributed by atoms with Crippen LogP contribution in [0, 0.1) is 18.6 Å². The lowest BCUT2D eigenvalue weighted by Gasteiger charge is -2.29. The monoisotopic (exact) mass is 288 g/mol. The molecule has 0 atom stereocenters. The van der Waals surface area contributed by atoms with Gasteiger partial charge in [-0.3, -0.25) is 9.78 Å². The number of aryl methyl sites for hydroxylation is 2. The topological polar surface area (TPSA) is 33.2 Å². The number of aromatic nitrogens is 1. The Balaban J connectivity index is 2.02. The van der Waals surface area contributed by atoms with E-state index in [0.29, 0.717) is 30.5 Å². The maximum absolute atomic E-state index is 14.1. The zero-order chi connectivity index (χ0) is 15.0. The molecule has 5 heteroatoms. The van der Waals surface area contributed by atoms with Crippen LogP contribution in [0.3, 0.4) is 0 Å². The molecule has 3 rings (SSSR count). The van der Waals surface area contributed by atoms with Gasteiger partial charge >= 0.3 is 0 Å². The maximum atomic E-state index is 14.1. The lowest BCUT2D eigenvalue weighted by Crippen LogP contribution is -2.36. The van der Waals surface area contributed by atoms with Crippen molar-refractivity contribution in [2.75, 3.05) is 11.4 Å². The molecule has 0 aliphatic carbocycles. The predicted molar refractivity (Wildman–Crippen MR) is 75.3 cm³/mol. The van der Waals surface area contributed by atoms with Gasteiger partial charge in [-0.1, -0.05) is 0 Å². The van der Waals surface area contributed by atoms with Crippen LogP contribution in [0.1, 0.15) is 28.0 Å². The van der Waals surface area contributed by atoms with Gasteiger partial charge in [-0.2, -0.15) is 0 Å². The third-order valence-electron chi connectivity index (χ3n) is 3.61. The van der Waals surface area contributed by atoms with E-state index >= 15 is 0 Å². The minimum absolute atomic E-state index is 0.188. The van der Waals surface area contributed by atoms with E-state index in [4.69, 9.17) is 0 Å². The van der Waals surface area contributed by atoms with Crippen LogP contribution in [0.2, 0.25) is 0 Å². The lowest BCUT2D eigenvalue weighted by molar-refractivity contribution is 0.0983. The molecule has 0 spiro atoms. The summed E-state index contributed by atoms with van der Waals surface area (Å²) >= 11 is 0. The number of carbonyl (C=O) groups is 1. The number of benzene rings is 1. The Kier molecular flexibility index (Phi) is 3.41. The van der Waals surface area contributed by atoms with Gasteiger partial charge in [0.05, 0.1) is 11.3 Å². The van der Waals surface area contributed by atoms with E-state index in [0.717, 1.165) is 11.8 Å². The molecule has 0 radical (unpaired) electrons. The molecular formula is C16H14F2N2O. The van der Waals surface area contributed by atoms with E-state index in [1.165, 1.54) is 17.2 Å². The highest BCUT2D eigenvalue weighted by Gasteiger charge is 2.27. The van der Waals surface area contributed by atoms with Crippen LogP contribution in [0.25, 0.3) is 0 Å². The highest BCUT2D eigenvalue weighted by Crippen LogP contribution is 2.32. The van der Waals surface area contributed by atoms with Crippen molar-refractivity contribution in [3.63, 3.8) is 0 Å². The van der Waals surface area contributed by atoms with Crippen LogP contribution >= 0.6 is 0 Å². The van der Waals surface area contributed by atoms with Crippen molar-refractivity contribution in [1.29, 1.82) is 0 Å². The van der Waals surface area contributed by atoms with Crippen LogP contribution in [-0.4, -0.2) is 17.4 Å². The predicted octanol–water partition coefficient (Wildman–Crippen LogP) is 3.26. The van der Waals surface area contributed by atoms with E-state index < -0.39 is 11.6 Å². The minimum atomic E-state index is -0.696. The number of rotatable bonds is 1. The molecule has 0 saturated heterocycles. The summed E-state index contributed by atoms with van der Waals surface area (Å²) in [6.07, 6.45) is 2.73. The molecule has 1 aliphatic rings. The van der Waals surface area contributed by atoms with Crippen LogP contribution in [-0.2, 0) is 6.42 Å². The number of halogens is 2. The Bertz CT molecular complexity index is 698. The second-order valence-electron chi connectivity index (χ2n) is 5.14. The van der Waals surface area contributed by atoms with E-state index in [2.05, 4.69) is 4.98 Å². The second-order valence-corrected chi connectivity index (χ2v) is 5.14. The molecule has 1 aromatic heterocycles. The summed E-state index contributed by atoms with van der Waals surface area (Å²) in [4.78, 5) is 18.0. The smallest absolute Gasteiger partial charge is 0.259 e. The quantitative estimate of drug-likeness (QED) is 0.807. The van der Waals surface area contributed by atoms with Crippen LogP contribution in [0.15, 0.2) is 30.5 Å². The first-order chi connectivity index (χ1) is 10.1. The number of carbonyl (C=O) groups excluding carboxylic acids is 1. The fourth-order valence-corrected chi connectivity index (χ4v) is 2.60. The first kappa shape index (κ1) is 13.7. The molecular weight excluding hydrogens is 274 g/mol. The molecule has 108 valence electrons. The standard InChI is InChI=1S/C16H14F2N2O/c1-10-4-5-12(9-19-10)16(21)20-6-2-3-11-7-13(17)8-14(18)15(11)20/h4-5,7-9H,2-3,6H2,1H3. The molecule has 1 aromatic carbocycles. The molecule has 0 saturated carbocycles. The number of amides is 1. The van der Waals surface area contributed by atoms with Gasteiger partial charge in [0, 0.05) is 24.5 Å². The van der Waals surface area contributed by atoms with Crippen molar-refractivity contribution in [2.45, 2.75) is 19.8 Å². The zero-order valence-electron chi connectivity index (χ0n) is 11.6. The molecule has 1 aliphatic heterocycles. The number of hydrogen-bond acceptors (Lipinski definition) is 2. The van der Waals surface area contributed by atoms with Gasteiger partial charge in [0.2, 0.25) is 0 Å². The van der Waals surface area contributed by atoms with E-state index in [-0.39, 0.29) is 11.6 Å². The summed E-state index contributed by atoms with van der Waals surface area (Å²) in [5.74, 6) is -1.62. The number of pyridine rings is 1. The summed E-state index contributed by atoms with van der Waals surface area (Å²) < 4.78 is 27.4. The van der Waals surface area contributed by atoms with Gasteiger partial charge in [0.25, 0.3) is 5.91 Å². The SMILES string of the molecule is Cc1ccc(C(=O)N2CCCc3cc(F)cc(F)c32)cn1. The number of anilines is 1. The highest BCUT2D eigenvalue weighted by atomic mass is 19.1. The fourth-order valence-electron chi connectivity index (χ4n) is 2.60. The lowest BCUT2D eigenvalue weighted by atomic mass is 10.00. The molecule has 3 nitrogen and oxygen atoms in total.